The molecule has 0 amide bonds. The summed E-state index contributed by atoms with van der Waals surface area (Å²) in [4.78, 5) is 10.7. The summed E-state index contributed by atoms with van der Waals surface area (Å²) in [5.41, 5.74) is -3.76. The van der Waals surface area contributed by atoms with E-state index in [1.165, 1.54) is 0 Å². The number of hydrogen-bond acceptors (Lipinski definition) is 1. The van der Waals surface area contributed by atoms with Gasteiger partial charge in [-0.1, -0.05) is 6.07 Å². The number of carboxylic acids is 1. The Morgan fingerprint density at radius 1 is 1.11 bits per heavy atom. The molecule has 1 rings (SSSR count). The largest absolute Gasteiger partial charge is 0.481 e. The maximum atomic E-state index is 12.7. The summed E-state index contributed by atoms with van der Waals surface area (Å²) in [5, 5.41) is 8.67. The van der Waals surface area contributed by atoms with Crippen molar-refractivity contribution in [3.8, 4) is 0 Å². The first-order valence-corrected chi connectivity index (χ1v) is 4.95. The fraction of sp³-hybridized carbons (Fsp3) is 0.364. The van der Waals surface area contributed by atoms with Gasteiger partial charge in [0.2, 0.25) is 0 Å². The lowest BCUT2D eigenvalue weighted by Gasteiger charge is -2.18. The van der Waals surface area contributed by atoms with Crippen molar-refractivity contribution in [3.63, 3.8) is 0 Å². The number of alkyl halides is 6. The van der Waals surface area contributed by atoms with Gasteiger partial charge < -0.3 is 5.11 Å². The molecule has 106 valence electrons. The number of benzene rings is 1. The van der Waals surface area contributed by atoms with Crippen LogP contribution in [0, 0.1) is 0 Å². The summed E-state index contributed by atoms with van der Waals surface area (Å²) in [5.74, 6) is -3.11. The van der Waals surface area contributed by atoms with Gasteiger partial charge in [0.25, 0.3) is 0 Å². The van der Waals surface area contributed by atoms with Crippen LogP contribution in [0.2, 0.25) is 0 Å². The van der Waals surface area contributed by atoms with Gasteiger partial charge in [0, 0.05) is 0 Å². The molecule has 1 N–H and O–H groups in total. The molecule has 0 radical (unpaired) electrons. The van der Waals surface area contributed by atoms with Gasteiger partial charge in [-0.05, 0) is 24.6 Å². The number of carbonyl (C=O) groups is 1. The van der Waals surface area contributed by atoms with Crippen LogP contribution in [0.3, 0.4) is 0 Å². The molecule has 0 aliphatic heterocycles. The lowest BCUT2D eigenvalue weighted by molar-refractivity contribution is -0.144. The molecule has 0 fully saturated rings. The Morgan fingerprint density at radius 2 is 1.63 bits per heavy atom. The van der Waals surface area contributed by atoms with Crippen LogP contribution in [0.25, 0.3) is 0 Å². The van der Waals surface area contributed by atoms with E-state index in [1.807, 2.05) is 0 Å². The minimum absolute atomic E-state index is 0.0746. The number of hydrogen-bond donors (Lipinski definition) is 1. The van der Waals surface area contributed by atoms with Gasteiger partial charge in [0.1, 0.15) is 0 Å². The third kappa shape index (κ3) is 3.39. The van der Waals surface area contributed by atoms with Gasteiger partial charge >= 0.3 is 18.3 Å². The van der Waals surface area contributed by atoms with E-state index in [1.54, 1.807) is 0 Å². The van der Waals surface area contributed by atoms with Crippen LogP contribution in [0.4, 0.5) is 26.3 Å². The van der Waals surface area contributed by atoms with Gasteiger partial charge in [-0.15, -0.1) is 0 Å². The van der Waals surface area contributed by atoms with E-state index in [4.69, 9.17) is 5.11 Å². The van der Waals surface area contributed by atoms with Crippen LogP contribution >= 0.6 is 0 Å². The second-order valence-corrected chi connectivity index (χ2v) is 3.86. The van der Waals surface area contributed by atoms with Crippen molar-refractivity contribution >= 4 is 5.97 Å². The summed E-state index contributed by atoms with van der Waals surface area (Å²) >= 11 is 0. The molecule has 8 heteroatoms. The maximum absolute atomic E-state index is 12.7. The number of carboxylic acid groups (broad SMARTS) is 1. The van der Waals surface area contributed by atoms with Crippen LogP contribution in [0.15, 0.2) is 18.2 Å². The van der Waals surface area contributed by atoms with E-state index in [0.717, 1.165) is 6.92 Å². The monoisotopic (exact) mass is 286 g/mol. The summed E-state index contributed by atoms with van der Waals surface area (Å²) in [6.45, 7) is 0.972. The summed E-state index contributed by atoms with van der Waals surface area (Å²) in [6, 6.07) is 0.906. The molecule has 0 heterocycles. The fourth-order valence-corrected chi connectivity index (χ4v) is 1.49. The SMILES string of the molecule is CC(C(=O)O)c1ccc(C(F)(F)F)cc1C(F)(F)F. The Balaban J connectivity index is 3.46. The average molecular weight is 286 g/mol. The third-order valence-electron chi connectivity index (χ3n) is 2.52. The van der Waals surface area contributed by atoms with Crippen LogP contribution in [0.5, 0.6) is 0 Å². The van der Waals surface area contributed by atoms with E-state index in [9.17, 15) is 31.1 Å². The molecular weight excluding hydrogens is 278 g/mol. The lowest BCUT2D eigenvalue weighted by atomic mass is 9.93. The van der Waals surface area contributed by atoms with E-state index in [-0.39, 0.29) is 6.07 Å². The van der Waals surface area contributed by atoms with Gasteiger partial charge in [0.15, 0.2) is 0 Å². The highest BCUT2D eigenvalue weighted by molar-refractivity contribution is 5.76. The van der Waals surface area contributed by atoms with E-state index >= 15 is 0 Å². The summed E-state index contributed by atoms with van der Waals surface area (Å²) in [6.07, 6.45) is -9.98. The Morgan fingerprint density at radius 3 is 2.00 bits per heavy atom. The molecule has 0 spiro atoms. The van der Waals surface area contributed by atoms with Crippen molar-refractivity contribution in [1.29, 1.82) is 0 Å². The van der Waals surface area contributed by atoms with Crippen molar-refractivity contribution in [2.24, 2.45) is 0 Å². The topological polar surface area (TPSA) is 37.3 Å². The van der Waals surface area contributed by atoms with E-state index in [2.05, 4.69) is 0 Å². The average Bonchev–Trinajstić information content (AvgIpc) is 2.24. The highest BCUT2D eigenvalue weighted by Crippen LogP contribution is 2.39. The van der Waals surface area contributed by atoms with Gasteiger partial charge in [-0.2, -0.15) is 26.3 Å². The van der Waals surface area contributed by atoms with Gasteiger partial charge in [-0.3, -0.25) is 4.79 Å². The summed E-state index contributed by atoms with van der Waals surface area (Å²) in [7, 11) is 0. The Kier molecular flexibility index (Phi) is 3.83. The molecule has 2 nitrogen and oxygen atoms in total. The zero-order chi connectivity index (χ0) is 15.0. The summed E-state index contributed by atoms with van der Waals surface area (Å²) < 4.78 is 75.1. The van der Waals surface area contributed by atoms with Crippen LogP contribution in [0.1, 0.15) is 29.5 Å². The van der Waals surface area contributed by atoms with E-state index < -0.39 is 40.9 Å². The normalized spacial score (nSPS) is 14.3. The molecule has 1 aromatic carbocycles. The van der Waals surface area contributed by atoms with Crippen molar-refractivity contribution in [1.82, 2.24) is 0 Å². The Labute approximate surface area is 103 Å². The molecule has 0 saturated heterocycles. The van der Waals surface area contributed by atoms with Crippen LogP contribution < -0.4 is 0 Å². The molecule has 19 heavy (non-hydrogen) atoms. The zero-order valence-electron chi connectivity index (χ0n) is 9.43. The Bertz CT molecular complexity index is 489. The van der Waals surface area contributed by atoms with Crippen molar-refractivity contribution in [2.45, 2.75) is 25.2 Å². The van der Waals surface area contributed by atoms with Crippen LogP contribution in [-0.4, -0.2) is 11.1 Å². The molecule has 0 aliphatic rings. The molecule has 1 aromatic rings. The quantitative estimate of drug-likeness (QED) is 0.837. The molecule has 0 aromatic heterocycles. The predicted octanol–water partition coefficient (Wildman–Crippen LogP) is 3.91. The molecule has 1 atom stereocenters. The number of halogens is 6. The first kappa shape index (κ1) is 15.3. The predicted molar refractivity (Wildman–Crippen MR) is 52.5 cm³/mol. The zero-order valence-corrected chi connectivity index (χ0v) is 9.43. The van der Waals surface area contributed by atoms with Crippen molar-refractivity contribution in [3.05, 3.63) is 34.9 Å². The Hall–Kier alpha value is -1.73. The van der Waals surface area contributed by atoms with Gasteiger partial charge in [-0.25, -0.2) is 0 Å². The highest BCUT2D eigenvalue weighted by atomic mass is 19.4. The first-order valence-electron chi connectivity index (χ1n) is 4.95. The minimum Gasteiger partial charge on any atom is -0.481 e. The second kappa shape index (κ2) is 4.75. The highest BCUT2D eigenvalue weighted by Gasteiger charge is 2.39. The van der Waals surface area contributed by atoms with Crippen molar-refractivity contribution < 1.29 is 36.2 Å². The molecule has 0 bridgehead atoms. The minimum atomic E-state index is -5.06. The van der Waals surface area contributed by atoms with Crippen LogP contribution in [-0.2, 0) is 17.1 Å². The standard InChI is InChI=1S/C11H8F6O2/c1-5(9(18)19)7-3-2-6(10(12,13)14)4-8(7)11(15,16)17/h2-5H,1H3,(H,18,19). The number of rotatable bonds is 2. The maximum Gasteiger partial charge on any atom is 0.416 e. The molecular formula is C11H8F6O2. The fourth-order valence-electron chi connectivity index (χ4n) is 1.49. The lowest BCUT2D eigenvalue weighted by Crippen LogP contribution is -2.17. The van der Waals surface area contributed by atoms with Gasteiger partial charge in [0.05, 0.1) is 17.0 Å². The van der Waals surface area contributed by atoms with E-state index in [0.29, 0.717) is 12.1 Å². The molecule has 1 unspecified atom stereocenters. The smallest absolute Gasteiger partial charge is 0.416 e. The van der Waals surface area contributed by atoms with Crippen molar-refractivity contribution in [2.75, 3.05) is 0 Å². The number of aliphatic carboxylic acids is 1. The third-order valence-corrected chi connectivity index (χ3v) is 2.52. The molecule has 0 aliphatic carbocycles. The second-order valence-electron chi connectivity index (χ2n) is 3.86. The molecule has 0 saturated carbocycles. The first-order chi connectivity index (χ1) is 8.44.